The molecule has 0 spiro atoms. The van der Waals surface area contributed by atoms with Crippen LogP contribution in [-0.2, 0) is 10.0 Å². The number of hydrogen-bond acceptors (Lipinski definition) is 4. The summed E-state index contributed by atoms with van der Waals surface area (Å²) in [7, 11) is -3.92. The Hall–Kier alpha value is -2.62. The lowest BCUT2D eigenvalue weighted by Gasteiger charge is -2.11. The zero-order valence-electron chi connectivity index (χ0n) is 11.7. The van der Waals surface area contributed by atoms with Crippen LogP contribution in [-0.4, -0.2) is 13.4 Å². The average molecular weight is 344 g/mol. The number of fused-ring (bicyclic) bond motifs is 1. The van der Waals surface area contributed by atoms with E-state index in [-0.39, 0.29) is 10.5 Å². The Labute approximate surface area is 138 Å². The highest BCUT2D eigenvalue weighted by atomic mass is 35.5. The van der Waals surface area contributed by atoms with Crippen LogP contribution in [0.3, 0.4) is 0 Å². The van der Waals surface area contributed by atoms with Crippen LogP contribution in [0.15, 0.2) is 59.6 Å². The molecule has 3 aromatic rings. The van der Waals surface area contributed by atoms with Gasteiger partial charge in [0.1, 0.15) is 11.0 Å². The first-order valence-electron chi connectivity index (χ1n) is 6.58. The Kier molecular flexibility index (Phi) is 3.90. The second-order valence-corrected chi connectivity index (χ2v) is 6.77. The quantitative estimate of drug-likeness (QED) is 0.788. The number of halogens is 1. The molecule has 0 unspecified atom stereocenters. The summed E-state index contributed by atoms with van der Waals surface area (Å²) in [6, 6.07) is 14.5. The molecule has 1 aromatic heterocycles. The second kappa shape index (κ2) is 5.88. The van der Waals surface area contributed by atoms with Crippen molar-refractivity contribution in [3.63, 3.8) is 0 Å². The third kappa shape index (κ3) is 2.84. The Balaban J connectivity index is 2.12. The molecular weight excluding hydrogens is 334 g/mol. The molecule has 2 aromatic carbocycles. The summed E-state index contributed by atoms with van der Waals surface area (Å²) >= 11 is 6.10. The molecule has 1 heterocycles. The van der Waals surface area contributed by atoms with Gasteiger partial charge in [0.05, 0.1) is 21.8 Å². The number of aromatic nitrogens is 1. The minimum atomic E-state index is -3.92. The maximum absolute atomic E-state index is 12.6. The molecule has 0 aliphatic carbocycles. The van der Waals surface area contributed by atoms with Crippen LogP contribution < -0.4 is 4.72 Å². The molecule has 1 N–H and O–H groups in total. The Morgan fingerprint density at radius 1 is 1.09 bits per heavy atom. The van der Waals surface area contributed by atoms with Gasteiger partial charge >= 0.3 is 0 Å². The van der Waals surface area contributed by atoms with E-state index in [4.69, 9.17) is 16.9 Å². The maximum atomic E-state index is 12.6. The van der Waals surface area contributed by atoms with E-state index in [1.807, 2.05) is 6.07 Å². The van der Waals surface area contributed by atoms with Crippen molar-refractivity contribution in [1.82, 2.24) is 4.98 Å². The number of anilines is 1. The van der Waals surface area contributed by atoms with Crippen molar-refractivity contribution in [3.8, 4) is 6.07 Å². The Morgan fingerprint density at radius 2 is 1.87 bits per heavy atom. The fourth-order valence-electron chi connectivity index (χ4n) is 2.21. The van der Waals surface area contributed by atoms with Gasteiger partial charge in [-0.25, -0.2) is 8.42 Å². The normalized spacial score (nSPS) is 11.1. The number of rotatable bonds is 3. The number of hydrogen-bond donors (Lipinski definition) is 1. The molecule has 0 aliphatic rings. The molecule has 5 nitrogen and oxygen atoms in total. The molecule has 0 aliphatic heterocycles. The summed E-state index contributed by atoms with van der Waals surface area (Å²) in [5.74, 6) is 0. The van der Waals surface area contributed by atoms with E-state index >= 15 is 0 Å². The lowest BCUT2D eigenvalue weighted by Crippen LogP contribution is -2.14. The molecular formula is C16H10ClN3O2S. The van der Waals surface area contributed by atoms with Crippen LogP contribution in [0.4, 0.5) is 5.69 Å². The molecule has 0 fully saturated rings. The number of nitriles is 1. The van der Waals surface area contributed by atoms with Gasteiger partial charge in [-0.15, -0.1) is 0 Å². The summed E-state index contributed by atoms with van der Waals surface area (Å²) in [6.45, 7) is 0. The molecule has 0 atom stereocenters. The first-order valence-corrected chi connectivity index (χ1v) is 8.44. The molecule has 114 valence electrons. The standard InChI is InChI=1S/C16H10ClN3O2S/c17-13-7-8-14(16-12(13)5-3-9-19-16)20-23(21,22)15-6-2-1-4-11(15)10-18/h1-9,20H. The van der Waals surface area contributed by atoms with Crippen molar-refractivity contribution in [2.75, 3.05) is 4.72 Å². The minimum Gasteiger partial charge on any atom is -0.277 e. The van der Waals surface area contributed by atoms with Gasteiger partial charge in [-0.05, 0) is 36.4 Å². The van der Waals surface area contributed by atoms with Crippen molar-refractivity contribution in [1.29, 1.82) is 5.26 Å². The lowest BCUT2D eigenvalue weighted by molar-refractivity contribution is 0.601. The monoisotopic (exact) mass is 343 g/mol. The summed E-state index contributed by atoms with van der Waals surface area (Å²) in [6.07, 6.45) is 1.56. The Morgan fingerprint density at radius 3 is 2.65 bits per heavy atom. The molecule has 0 saturated heterocycles. The predicted molar refractivity (Wildman–Crippen MR) is 88.7 cm³/mol. The third-order valence-electron chi connectivity index (χ3n) is 3.26. The molecule has 0 radical (unpaired) electrons. The number of nitrogens with one attached hydrogen (secondary N) is 1. The highest BCUT2D eigenvalue weighted by molar-refractivity contribution is 7.92. The van der Waals surface area contributed by atoms with Gasteiger partial charge in [-0.1, -0.05) is 23.7 Å². The zero-order valence-corrected chi connectivity index (χ0v) is 13.3. The van der Waals surface area contributed by atoms with Crippen LogP contribution in [0.2, 0.25) is 5.02 Å². The van der Waals surface area contributed by atoms with Gasteiger partial charge in [0.25, 0.3) is 10.0 Å². The molecule has 0 amide bonds. The number of benzene rings is 2. The van der Waals surface area contributed by atoms with E-state index in [1.54, 1.807) is 42.6 Å². The van der Waals surface area contributed by atoms with E-state index < -0.39 is 10.0 Å². The van der Waals surface area contributed by atoms with Crippen LogP contribution >= 0.6 is 11.6 Å². The van der Waals surface area contributed by atoms with Crippen molar-refractivity contribution in [2.24, 2.45) is 0 Å². The second-order valence-electron chi connectivity index (χ2n) is 4.71. The van der Waals surface area contributed by atoms with E-state index in [0.29, 0.717) is 21.6 Å². The molecule has 0 bridgehead atoms. The number of sulfonamides is 1. The van der Waals surface area contributed by atoms with Crippen LogP contribution in [0.25, 0.3) is 10.9 Å². The van der Waals surface area contributed by atoms with Crippen molar-refractivity contribution in [3.05, 3.63) is 65.3 Å². The van der Waals surface area contributed by atoms with Gasteiger partial charge in [-0.2, -0.15) is 5.26 Å². The largest absolute Gasteiger partial charge is 0.277 e. The topological polar surface area (TPSA) is 82.8 Å². The van der Waals surface area contributed by atoms with E-state index in [9.17, 15) is 8.42 Å². The van der Waals surface area contributed by atoms with Crippen molar-refractivity contribution < 1.29 is 8.42 Å². The number of pyridine rings is 1. The zero-order chi connectivity index (χ0) is 16.4. The van der Waals surface area contributed by atoms with Crippen LogP contribution in [0.5, 0.6) is 0 Å². The van der Waals surface area contributed by atoms with Crippen LogP contribution in [0.1, 0.15) is 5.56 Å². The SMILES string of the molecule is N#Cc1ccccc1S(=O)(=O)Nc1ccc(Cl)c2cccnc12. The van der Waals surface area contributed by atoms with Gasteiger partial charge < -0.3 is 0 Å². The fourth-order valence-corrected chi connectivity index (χ4v) is 3.65. The lowest BCUT2D eigenvalue weighted by atomic mass is 10.2. The summed E-state index contributed by atoms with van der Waals surface area (Å²) in [4.78, 5) is 4.10. The van der Waals surface area contributed by atoms with E-state index in [0.717, 1.165) is 0 Å². The smallest absolute Gasteiger partial charge is 0.263 e. The molecule has 3 rings (SSSR count). The number of nitrogens with zero attached hydrogens (tertiary/aromatic N) is 2. The van der Waals surface area contributed by atoms with Gasteiger partial charge in [0.2, 0.25) is 0 Å². The van der Waals surface area contributed by atoms with Crippen LogP contribution in [0, 0.1) is 11.3 Å². The highest BCUT2D eigenvalue weighted by Gasteiger charge is 2.19. The predicted octanol–water partition coefficient (Wildman–Crippen LogP) is 3.56. The molecule has 23 heavy (non-hydrogen) atoms. The molecule has 7 heteroatoms. The summed E-state index contributed by atoms with van der Waals surface area (Å²) in [5.41, 5.74) is 0.821. The van der Waals surface area contributed by atoms with Crippen molar-refractivity contribution in [2.45, 2.75) is 4.90 Å². The molecule has 0 saturated carbocycles. The average Bonchev–Trinajstić information content (AvgIpc) is 2.57. The third-order valence-corrected chi connectivity index (χ3v) is 5.01. The highest BCUT2D eigenvalue weighted by Crippen LogP contribution is 2.29. The maximum Gasteiger partial charge on any atom is 0.263 e. The van der Waals surface area contributed by atoms with Gasteiger partial charge in [0.15, 0.2) is 0 Å². The van der Waals surface area contributed by atoms with Gasteiger partial charge in [-0.3, -0.25) is 9.71 Å². The first kappa shape index (κ1) is 15.3. The Bertz CT molecular complexity index is 1040. The summed E-state index contributed by atoms with van der Waals surface area (Å²) in [5, 5.41) is 10.2. The van der Waals surface area contributed by atoms with Crippen molar-refractivity contribution >= 4 is 38.2 Å². The fraction of sp³-hybridized carbons (Fsp3) is 0. The first-order chi connectivity index (χ1) is 11.0. The summed E-state index contributed by atoms with van der Waals surface area (Å²) < 4.78 is 27.7. The minimum absolute atomic E-state index is 0.0752. The van der Waals surface area contributed by atoms with E-state index in [1.165, 1.54) is 12.1 Å². The van der Waals surface area contributed by atoms with E-state index in [2.05, 4.69) is 9.71 Å². The van der Waals surface area contributed by atoms with Gasteiger partial charge in [0, 0.05) is 11.6 Å².